The number of alkyl halides is 3. The van der Waals surface area contributed by atoms with E-state index in [-0.39, 0.29) is 30.0 Å². The normalized spacial score (nSPS) is 16.6. The minimum atomic E-state index is -4.70. The minimum Gasteiger partial charge on any atom is -0.486 e. The van der Waals surface area contributed by atoms with Gasteiger partial charge >= 0.3 is 6.36 Å². The van der Waals surface area contributed by atoms with Crippen molar-refractivity contribution >= 4 is 12.4 Å². The number of rotatable bonds is 3. The minimum absolute atomic E-state index is 0. The summed E-state index contributed by atoms with van der Waals surface area (Å²) in [6.45, 7) is 1.62. The number of hydrogen-bond acceptors (Lipinski definition) is 3. The fourth-order valence-corrected chi connectivity index (χ4v) is 1.85. The maximum Gasteiger partial charge on any atom is 0.573 e. The lowest BCUT2D eigenvalue weighted by Gasteiger charge is -2.25. The van der Waals surface area contributed by atoms with Crippen molar-refractivity contribution in [1.29, 1.82) is 0 Å². The Morgan fingerprint density at radius 1 is 1.05 bits per heavy atom. The second kappa shape index (κ2) is 6.86. The molecule has 1 aromatic rings. The molecule has 1 fully saturated rings. The molecule has 1 saturated heterocycles. The molecule has 0 atom stereocenters. The maximum absolute atomic E-state index is 12.2. The molecule has 108 valence electrons. The van der Waals surface area contributed by atoms with Gasteiger partial charge in [-0.1, -0.05) is 12.1 Å². The molecular formula is C12H15ClF3NO2. The first-order valence-corrected chi connectivity index (χ1v) is 5.77. The van der Waals surface area contributed by atoms with E-state index in [1.165, 1.54) is 18.2 Å². The van der Waals surface area contributed by atoms with Gasteiger partial charge in [-0.3, -0.25) is 0 Å². The molecule has 7 heteroatoms. The Bertz CT molecular complexity index is 395. The standard InChI is InChI=1S/C12H14F3NO2.ClH/c13-12(14,15)18-11-4-2-1-3-10(11)17-9-5-7-16-8-6-9;/h1-4,9,16H,5-8H2;1H. The Labute approximate surface area is 115 Å². The number of halogens is 4. The second-order valence-corrected chi connectivity index (χ2v) is 4.06. The Morgan fingerprint density at radius 3 is 2.21 bits per heavy atom. The summed E-state index contributed by atoms with van der Waals surface area (Å²) in [6.07, 6.45) is -3.21. The number of piperidine rings is 1. The number of nitrogens with one attached hydrogen (secondary N) is 1. The van der Waals surface area contributed by atoms with E-state index in [0.29, 0.717) is 0 Å². The Morgan fingerprint density at radius 2 is 1.63 bits per heavy atom. The first kappa shape index (κ1) is 15.9. The van der Waals surface area contributed by atoms with Crippen LogP contribution in [0, 0.1) is 0 Å². The van der Waals surface area contributed by atoms with E-state index >= 15 is 0 Å². The molecule has 0 spiro atoms. The molecule has 0 amide bonds. The van der Waals surface area contributed by atoms with Crippen LogP contribution >= 0.6 is 12.4 Å². The van der Waals surface area contributed by atoms with Gasteiger partial charge in [0.15, 0.2) is 11.5 Å². The summed E-state index contributed by atoms with van der Waals surface area (Å²) >= 11 is 0. The SMILES string of the molecule is Cl.FC(F)(F)Oc1ccccc1OC1CCNCC1. The molecule has 0 saturated carbocycles. The van der Waals surface area contributed by atoms with Gasteiger partial charge in [-0.25, -0.2) is 0 Å². The van der Waals surface area contributed by atoms with Crippen molar-refractivity contribution in [3.8, 4) is 11.5 Å². The molecule has 1 N–H and O–H groups in total. The van der Waals surface area contributed by atoms with Gasteiger partial charge in [0.2, 0.25) is 0 Å². The third-order valence-electron chi connectivity index (χ3n) is 2.65. The molecule has 0 bridgehead atoms. The number of ether oxygens (including phenoxy) is 2. The van der Waals surface area contributed by atoms with Crippen LogP contribution in [-0.4, -0.2) is 25.6 Å². The average Bonchev–Trinajstić information content (AvgIpc) is 2.31. The fourth-order valence-electron chi connectivity index (χ4n) is 1.85. The predicted molar refractivity (Wildman–Crippen MR) is 66.9 cm³/mol. The number of hydrogen-bond donors (Lipinski definition) is 1. The molecule has 1 heterocycles. The van der Waals surface area contributed by atoms with E-state index in [9.17, 15) is 13.2 Å². The van der Waals surface area contributed by atoms with Crippen molar-refractivity contribution in [3.05, 3.63) is 24.3 Å². The first-order chi connectivity index (χ1) is 8.54. The van der Waals surface area contributed by atoms with Crippen LogP contribution in [0.15, 0.2) is 24.3 Å². The van der Waals surface area contributed by atoms with E-state index in [0.717, 1.165) is 25.9 Å². The second-order valence-electron chi connectivity index (χ2n) is 4.06. The van der Waals surface area contributed by atoms with Crippen LogP contribution in [-0.2, 0) is 0 Å². The highest BCUT2D eigenvalue weighted by Crippen LogP contribution is 2.33. The quantitative estimate of drug-likeness (QED) is 0.930. The van der Waals surface area contributed by atoms with Gasteiger partial charge < -0.3 is 14.8 Å². The Balaban J connectivity index is 0.00000180. The third kappa shape index (κ3) is 5.16. The van der Waals surface area contributed by atoms with Gasteiger partial charge in [-0.05, 0) is 38.1 Å². The number of para-hydroxylation sites is 2. The highest BCUT2D eigenvalue weighted by Gasteiger charge is 2.32. The lowest BCUT2D eigenvalue weighted by molar-refractivity contribution is -0.275. The smallest absolute Gasteiger partial charge is 0.486 e. The lowest BCUT2D eigenvalue weighted by atomic mass is 10.1. The molecule has 2 rings (SSSR count). The van der Waals surface area contributed by atoms with Crippen molar-refractivity contribution in [2.45, 2.75) is 25.3 Å². The molecule has 19 heavy (non-hydrogen) atoms. The van der Waals surface area contributed by atoms with E-state index < -0.39 is 6.36 Å². The van der Waals surface area contributed by atoms with Crippen LogP contribution in [0.1, 0.15) is 12.8 Å². The first-order valence-electron chi connectivity index (χ1n) is 5.77. The predicted octanol–water partition coefficient (Wildman–Crippen LogP) is 3.14. The fraction of sp³-hybridized carbons (Fsp3) is 0.500. The molecule has 0 unspecified atom stereocenters. The Kier molecular flexibility index (Phi) is 5.75. The van der Waals surface area contributed by atoms with Gasteiger partial charge in [0.05, 0.1) is 0 Å². The van der Waals surface area contributed by atoms with Crippen LogP contribution in [0.5, 0.6) is 11.5 Å². The van der Waals surface area contributed by atoms with E-state index in [1.54, 1.807) is 6.07 Å². The zero-order valence-corrected chi connectivity index (χ0v) is 10.9. The van der Waals surface area contributed by atoms with Gasteiger partial charge in [-0.15, -0.1) is 25.6 Å². The molecule has 0 aliphatic carbocycles. The van der Waals surface area contributed by atoms with E-state index in [2.05, 4.69) is 10.1 Å². The lowest BCUT2D eigenvalue weighted by Crippen LogP contribution is -2.34. The third-order valence-corrected chi connectivity index (χ3v) is 2.65. The molecule has 3 nitrogen and oxygen atoms in total. The summed E-state index contributed by atoms with van der Waals surface area (Å²) in [4.78, 5) is 0. The molecule has 0 radical (unpaired) electrons. The molecule has 0 aromatic heterocycles. The zero-order chi connectivity index (χ0) is 13.0. The molecule has 1 aromatic carbocycles. The highest BCUT2D eigenvalue weighted by atomic mass is 35.5. The van der Waals surface area contributed by atoms with Crippen molar-refractivity contribution < 1.29 is 22.6 Å². The number of benzene rings is 1. The topological polar surface area (TPSA) is 30.5 Å². The van der Waals surface area contributed by atoms with E-state index in [4.69, 9.17) is 4.74 Å². The highest BCUT2D eigenvalue weighted by molar-refractivity contribution is 5.85. The summed E-state index contributed by atoms with van der Waals surface area (Å²) in [5.74, 6) is -0.148. The van der Waals surface area contributed by atoms with Crippen LogP contribution in [0.4, 0.5) is 13.2 Å². The monoisotopic (exact) mass is 297 g/mol. The van der Waals surface area contributed by atoms with Gasteiger partial charge in [-0.2, -0.15) is 0 Å². The van der Waals surface area contributed by atoms with Crippen molar-refractivity contribution in [2.75, 3.05) is 13.1 Å². The van der Waals surface area contributed by atoms with Crippen LogP contribution in [0.2, 0.25) is 0 Å². The zero-order valence-electron chi connectivity index (χ0n) is 10.1. The molecule has 1 aliphatic rings. The van der Waals surface area contributed by atoms with Crippen LogP contribution in [0.3, 0.4) is 0 Å². The maximum atomic E-state index is 12.2. The largest absolute Gasteiger partial charge is 0.573 e. The summed E-state index contributed by atoms with van der Waals surface area (Å²) in [5, 5.41) is 3.16. The molecule has 1 aliphatic heterocycles. The summed E-state index contributed by atoms with van der Waals surface area (Å²) in [5.41, 5.74) is 0. The van der Waals surface area contributed by atoms with E-state index in [1.807, 2.05) is 0 Å². The summed E-state index contributed by atoms with van der Waals surface area (Å²) < 4.78 is 46.1. The van der Waals surface area contributed by atoms with Gasteiger partial charge in [0.1, 0.15) is 6.10 Å². The summed E-state index contributed by atoms with van der Waals surface area (Å²) in [7, 11) is 0. The van der Waals surface area contributed by atoms with Gasteiger partial charge in [0.25, 0.3) is 0 Å². The van der Waals surface area contributed by atoms with Crippen LogP contribution in [0.25, 0.3) is 0 Å². The van der Waals surface area contributed by atoms with Crippen molar-refractivity contribution in [1.82, 2.24) is 5.32 Å². The summed E-state index contributed by atoms with van der Waals surface area (Å²) in [6, 6.07) is 5.85. The van der Waals surface area contributed by atoms with Crippen molar-refractivity contribution in [2.24, 2.45) is 0 Å². The average molecular weight is 298 g/mol. The van der Waals surface area contributed by atoms with Crippen molar-refractivity contribution in [3.63, 3.8) is 0 Å². The molecular weight excluding hydrogens is 283 g/mol. The Hall–Kier alpha value is -1.14. The van der Waals surface area contributed by atoms with Gasteiger partial charge in [0, 0.05) is 0 Å². The van der Waals surface area contributed by atoms with Crippen LogP contribution < -0.4 is 14.8 Å².